The zero-order valence-electron chi connectivity index (χ0n) is 23.9. The molecule has 2 heterocycles. The lowest BCUT2D eigenvalue weighted by atomic mass is 9.83. The molecule has 1 aliphatic carbocycles. The molecule has 8 heteroatoms. The van der Waals surface area contributed by atoms with Crippen LogP contribution < -0.4 is 24.4 Å². The Morgan fingerprint density at radius 1 is 0.909 bits per heavy atom. The van der Waals surface area contributed by atoms with Crippen molar-refractivity contribution in [3.63, 3.8) is 0 Å². The van der Waals surface area contributed by atoms with Gasteiger partial charge in [0.15, 0.2) is 16.3 Å². The van der Waals surface area contributed by atoms with Gasteiger partial charge in [0, 0.05) is 15.6 Å². The lowest BCUT2D eigenvalue weighted by Crippen LogP contribution is -2.38. The van der Waals surface area contributed by atoms with Crippen molar-refractivity contribution in [1.29, 1.82) is 0 Å². The maximum Gasteiger partial charge on any atom is 0.271 e. The van der Waals surface area contributed by atoms with Crippen molar-refractivity contribution in [2.45, 2.75) is 32.4 Å². The number of rotatable bonds is 7. The second-order valence-electron chi connectivity index (χ2n) is 10.7. The van der Waals surface area contributed by atoms with Crippen molar-refractivity contribution >= 4 is 46.3 Å². The summed E-state index contributed by atoms with van der Waals surface area (Å²) in [5, 5.41) is 1.35. The number of allylic oxidation sites excluding steroid dienone is 1. The van der Waals surface area contributed by atoms with Crippen LogP contribution in [0.2, 0.25) is 10.0 Å². The molecular formula is C36H28Cl2N2O3S. The third-order valence-electron chi connectivity index (χ3n) is 7.93. The van der Waals surface area contributed by atoms with E-state index < -0.39 is 0 Å². The number of thiazole rings is 1. The molecule has 0 spiro atoms. The molecule has 220 valence electrons. The molecule has 0 saturated heterocycles. The van der Waals surface area contributed by atoms with Crippen molar-refractivity contribution in [3.05, 3.63) is 154 Å². The molecule has 1 unspecified atom stereocenters. The van der Waals surface area contributed by atoms with Crippen LogP contribution in [0.15, 0.2) is 106 Å². The molecule has 0 fully saturated rings. The first kappa shape index (κ1) is 28.7. The van der Waals surface area contributed by atoms with Gasteiger partial charge in [-0.1, -0.05) is 89.1 Å². The van der Waals surface area contributed by atoms with Crippen molar-refractivity contribution in [2.24, 2.45) is 4.99 Å². The third-order valence-corrected chi connectivity index (χ3v) is 9.42. The van der Waals surface area contributed by atoms with E-state index in [9.17, 15) is 4.79 Å². The molecule has 0 saturated carbocycles. The quantitative estimate of drug-likeness (QED) is 0.184. The Balaban J connectivity index is 1.30. The number of hydrogen-bond donors (Lipinski definition) is 0. The minimum Gasteiger partial charge on any atom is -0.490 e. The van der Waals surface area contributed by atoms with Crippen LogP contribution >= 0.6 is 34.5 Å². The van der Waals surface area contributed by atoms with Crippen LogP contribution in [0.1, 0.15) is 47.2 Å². The molecule has 1 aliphatic heterocycles. The van der Waals surface area contributed by atoms with E-state index in [-0.39, 0.29) is 11.6 Å². The predicted octanol–water partition coefficient (Wildman–Crippen LogP) is 7.60. The Morgan fingerprint density at radius 3 is 2.43 bits per heavy atom. The molecule has 44 heavy (non-hydrogen) atoms. The number of aryl methyl sites for hydroxylation is 1. The number of aromatic nitrogens is 1. The van der Waals surface area contributed by atoms with Gasteiger partial charge in [-0.25, -0.2) is 4.99 Å². The fourth-order valence-corrected chi connectivity index (χ4v) is 7.12. The molecule has 4 aromatic carbocycles. The van der Waals surface area contributed by atoms with Gasteiger partial charge in [0.1, 0.15) is 6.61 Å². The largest absolute Gasteiger partial charge is 0.490 e. The molecule has 0 N–H and O–H groups in total. The van der Waals surface area contributed by atoms with Gasteiger partial charge in [0.2, 0.25) is 0 Å². The van der Waals surface area contributed by atoms with E-state index in [1.54, 1.807) is 0 Å². The van der Waals surface area contributed by atoms with Gasteiger partial charge in [-0.3, -0.25) is 9.36 Å². The average Bonchev–Trinajstić information content (AvgIpc) is 3.35. The highest BCUT2D eigenvalue weighted by Crippen LogP contribution is 2.41. The average molecular weight is 640 g/mol. The van der Waals surface area contributed by atoms with Crippen LogP contribution in [-0.4, -0.2) is 11.2 Å². The van der Waals surface area contributed by atoms with Crippen molar-refractivity contribution in [1.82, 2.24) is 4.57 Å². The van der Waals surface area contributed by atoms with Crippen molar-refractivity contribution in [3.8, 4) is 11.5 Å². The highest BCUT2D eigenvalue weighted by molar-refractivity contribution is 7.07. The smallest absolute Gasteiger partial charge is 0.271 e. The fourth-order valence-electron chi connectivity index (χ4n) is 5.86. The molecule has 7 rings (SSSR count). The first-order valence-corrected chi connectivity index (χ1v) is 16.1. The number of hydrogen-bond acceptors (Lipinski definition) is 5. The van der Waals surface area contributed by atoms with E-state index in [0.717, 1.165) is 46.4 Å². The van der Waals surface area contributed by atoms with E-state index in [1.807, 2.05) is 84.3 Å². The Hall–Kier alpha value is -4.10. The van der Waals surface area contributed by atoms with Gasteiger partial charge in [-0.15, -0.1) is 0 Å². The van der Waals surface area contributed by atoms with Crippen LogP contribution in [0.25, 0.3) is 11.8 Å². The second-order valence-corrected chi connectivity index (χ2v) is 12.6. The van der Waals surface area contributed by atoms with E-state index in [0.29, 0.717) is 44.1 Å². The summed E-state index contributed by atoms with van der Waals surface area (Å²) in [6, 6.07) is 29.3. The lowest BCUT2D eigenvalue weighted by molar-refractivity contribution is 0.269. The summed E-state index contributed by atoms with van der Waals surface area (Å²) in [5.74, 6) is 1.25. The summed E-state index contributed by atoms with van der Waals surface area (Å²) < 4.78 is 14.5. The molecule has 0 amide bonds. The van der Waals surface area contributed by atoms with Crippen LogP contribution in [-0.2, 0) is 13.0 Å². The number of fused-ring (bicyclic) bond motifs is 3. The first-order chi connectivity index (χ1) is 21.5. The highest BCUT2D eigenvalue weighted by atomic mass is 35.5. The standard InChI is InChI=1S/C36H28Cl2N2O3S/c1-2-42-31-19-23(9-18-30(31)43-21-22-7-13-26(37)14-8-22)20-32-35(41)40-34(25-10-15-27(38)16-11-25)29-17-12-24-5-3-4-6-28(24)33(29)39-36(40)44-32/h3-11,13-16,18-20,34H,2,12,17,21H2,1H3. The van der Waals surface area contributed by atoms with Gasteiger partial charge < -0.3 is 9.47 Å². The van der Waals surface area contributed by atoms with Gasteiger partial charge in [0.05, 0.1) is 22.9 Å². The molecule has 1 atom stereocenters. The van der Waals surface area contributed by atoms with Crippen molar-refractivity contribution < 1.29 is 9.47 Å². The number of nitrogens with zero attached hydrogens (tertiary/aromatic N) is 2. The minimum absolute atomic E-state index is 0.0693. The van der Waals surface area contributed by atoms with Gasteiger partial charge >= 0.3 is 0 Å². The maximum atomic E-state index is 14.1. The lowest BCUT2D eigenvalue weighted by Gasteiger charge is -2.30. The molecular weight excluding hydrogens is 611 g/mol. The summed E-state index contributed by atoms with van der Waals surface area (Å²) in [6.07, 6.45) is 3.65. The summed E-state index contributed by atoms with van der Waals surface area (Å²) in [6.45, 7) is 2.80. The first-order valence-electron chi connectivity index (χ1n) is 14.5. The maximum absolute atomic E-state index is 14.1. The Morgan fingerprint density at radius 2 is 1.66 bits per heavy atom. The topological polar surface area (TPSA) is 52.8 Å². The molecule has 0 radical (unpaired) electrons. The Kier molecular flexibility index (Phi) is 7.89. The minimum atomic E-state index is -0.253. The summed E-state index contributed by atoms with van der Waals surface area (Å²) in [4.78, 5) is 19.9. The predicted molar refractivity (Wildman–Crippen MR) is 178 cm³/mol. The van der Waals surface area contributed by atoms with E-state index in [4.69, 9.17) is 37.7 Å². The van der Waals surface area contributed by atoms with Gasteiger partial charge in [0.25, 0.3) is 5.56 Å². The molecule has 0 bridgehead atoms. The van der Waals surface area contributed by atoms with Gasteiger partial charge in [-0.05, 0) is 90.1 Å². The van der Waals surface area contributed by atoms with Gasteiger partial charge in [-0.2, -0.15) is 0 Å². The molecule has 1 aromatic heterocycles. The van der Waals surface area contributed by atoms with E-state index in [1.165, 1.54) is 16.9 Å². The van der Waals surface area contributed by atoms with E-state index >= 15 is 0 Å². The zero-order valence-corrected chi connectivity index (χ0v) is 26.3. The highest BCUT2D eigenvalue weighted by Gasteiger charge is 2.32. The Bertz CT molecular complexity index is 2080. The molecule has 5 nitrogen and oxygen atoms in total. The van der Waals surface area contributed by atoms with Crippen LogP contribution in [0.3, 0.4) is 0 Å². The SMILES string of the molecule is CCOc1cc(C=c2sc3n(c2=O)C(c2ccc(Cl)cc2)C2=C(N=3)c3ccccc3CC2)ccc1OCc1ccc(Cl)cc1. The van der Waals surface area contributed by atoms with E-state index in [2.05, 4.69) is 24.3 Å². The zero-order chi connectivity index (χ0) is 30.2. The van der Waals surface area contributed by atoms with Crippen LogP contribution in [0.4, 0.5) is 0 Å². The Labute approximate surface area is 269 Å². The summed E-state index contributed by atoms with van der Waals surface area (Å²) in [7, 11) is 0. The molecule has 2 aliphatic rings. The number of benzene rings is 4. The molecule has 5 aromatic rings. The van der Waals surface area contributed by atoms with Crippen LogP contribution in [0, 0.1) is 0 Å². The number of ether oxygens (including phenoxy) is 2. The summed E-state index contributed by atoms with van der Waals surface area (Å²) >= 11 is 13.7. The monoisotopic (exact) mass is 638 g/mol. The normalized spacial score (nSPS) is 15.7. The fraction of sp³-hybridized carbons (Fsp3) is 0.167. The van der Waals surface area contributed by atoms with Crippen LogP contribution in [0.5, 0.6) is 11.5 Å². The van der Waals surface area contributed by atoms with Crippen molar-refractivity contribution in [2.75, 3.05) is 6.61 Å². The summed E-state index contributed by atoms with van der Waals surface area (Å²) in [5.41, 5.74) is 7.35. The third kappa shape index (κ3) is 5.50. The second kappa shape index (κ2) is 12.1. The number of halogens is 2.